The van der Waals surface area contributed by atoms with Crippen molar-refractivity contribution in [1.29, 1.82) is 0 Å². The topological polar surface area (TPSA) is 105 Å². The number of esters is 4. The third-order valence-electron chi connectivity index (χ3n) is 3.09. The van der Waals surface area contributed by atoms with Crippen LogP contribution in [0.5, 0.6) is 0 Å². The highest BCUT2D eigenvalue weighted by atomic mass is 16.6. The van der Waals surface area contributed by atoms with E-state index >= 15 is 0 Å². The van der Waals surface area contributed by atoms with Crippen LogP contribution in [0.1, 0.15) is 47.4 Å². The van der Waals surface area contributed by atoms with E-state index in [2.05, 4.69) is 0 Å². The van der Waals surface area contributed by atoms with Gasteiger partial charge in [-0.25, -0.2) is 9.59 Å². The minimum atomic E-state index is -0.594. The third-order valence-corrected chi connectivity index (χ3v) is 3.09. The van der Waals surface area contributed by atoms with Crippen LogP contribution in [0.3, 0.4) is 0 Å². The molecule has 142 valence electrons. The molecule has 0 saturated heterocycles. The largest absolute Gasteiger partial charge is 0.462 e. The van der Waals surface area contributed by atoms with Crippen molar-refractivity contribution in [2.45, 2.75) is 26.7 Å². The standard InChI is InChI=1S/C18H22O8/c1-3-15(19)23-9-11-25-17(21)13-5-7-14(8-6-13)18(22)26-12-10-24-16(20)4-2/h5-8H,3-4,9-12H2,1-2H3. The van der Waals surface area contributed by atoms with Gasteiger partial charge in [0, 0.05) is 12.8 Å². The summed E-state index contributed by atoms with van der Waals surface area (Å²) in [6, 6.07) is 5.70. The van der Waals surface area contributed by atoms with Gasteiger partial charge in [-0.15, -0.1) is 0 Å². The summed E-state index contributed by atoms with van der Waals surface area (Å²) in [7, 11) is 0. The number of hydrogen-bond donors (Lipinski definition) is 0. The molecule has 0 bridgehead atoms. The molecule has 0 aromatic heterocycles. The number of ether oxygens (including phenoxy) is 4. The number of rotatable bonds is 10. The van der Waals surface area contributed by atoms with Crippen LogP contribution in [0.15, 0.2) is 24.3 Å². The molecule has 0 saturated carbocycles. The van der Waals surface area contributed by atoms with Gasteiger partial charge in [0.25, 0.3) is 0 Å². The summed E-state index contributed by atoms with van der Waals surface area (Å²) >= 11 is 0. The molecule has 8 nitrogen and oxygen atoms in total. The summed E-state index contributed by atoms with van der Waals surface area (Å²) in [5.74, 6) is -1.92. The van der Waals surface area contributed by atoms with E-state index in [0.29, 0.717) is 0 Å². The summed E-state index contributed by atoms with van der Waals surface area (Å²) in [6.45, 7) is 3.21. The average molecular weight is 366 g/mol. The first-order valence-corrected chi connectivity index (χ1v) is 8.23. The highest BCUT2D eigenvalue weighted by molar-refractivity contribution is 5.93. The Morgan fingerprint density at radius 2 is 0.923 bits per heavy atom. The Morgan fingerprint density at radius 3 is 1.23 bits per heavy atom. The lowest BCUT2D eigenvalue weighted by atomic mass is 10.1. The Labute approximate surface area is 151 Å². The zero-order valence-electron chi connectivity index (χ0n) is 14.8. The second-order valence-electron chi connectivity index (χ2n) is 5.00. The minimum absolute atomic E-state index is 0.00850. The monoisotopic (exact) mass is 366 g/mol. The van der Waals surface area contributed by atoms with Crippen LogP contribution in [-0.2, 0) is 28.5 Å². The van der Waals surface area contributed by atoms with E-state index in [4.69, 9.17) is 18.9 Å². The van der Waals surface area contributed by atoms with Gasteiger partial charge in [0.15, 0.2) is 0 Å². The number of benzene rings is 1. The van der Waals surface area contributed by atoms with Crippen LogP contribution in [-0.4, -0.2) is 50.3 Å². The summed E-state index contributed by atoms with van der Waals surface area (Å²) in [5.41, 5.74) is 0.500. The molecule has 8 heteroatoms. The van der Waals surface area contributed by atoms with Gasteiger partial charge in [0.2, 0.25) is 0 Å². The fourth-order valence-corrected chi connectivity index (χ4v) is 1.69. The first-order chi connectivity index (χ1) is 12.5. The molecule has 0 radical (unpaired) electrons. The van der Waals surface area contributed by atoms with Crippen LogP contribution in [0.25, 0.3) is 0 Å². The minimum Gasteiger partial charge on any atom is -0.462 e. The van der Waals surface area contributed by atoms with Crippen LogP contribution in [0.4, 0.5) is 0 Å². The fraction of sp³-hybridized carbons (Fsp3) is 0.444. The van der Waals surface area contributed by atoms with Gasteiger partial charge in [-0.3, -0.25) is 9.59 Å². The van der Waals surface area contributed by atoms with E-state index in [9.17, 15) is 19.2 Å². The SMILES string of the molecule is CCC(=O)OCCOC(=O)c1ccc(C(=O)OCCOC(=O)CC)cc1. The zero-order valence-corrected chi connectivity index (χ0v) is 14.8. The van der Waals surface area contributed by atoms with Gasteiger partial charge >= 0.3 is 23.9 Å². The molecule has 0 atom stereocenters. The molecular formula is C18H22O8. The van der Waals surface area contributed by atoms with E-state index in [0.717, 1.165) is 0 Å². The first kappa shape index (κ1) is 21.1. The first-order valence-electron chi connectivity index (χ1n) is 8.23. The van der Waals surface area contributed by atoms with Gasteiger partial charge < -0.3 is 18.9 Å². The maximum Gasteiger partial charge on any atom is 0.338 e. The predicted octanol–water partition coefficient (Wildman–Crippen LogP) is 1.91. The van der Waals surface area contributed by atoms with E-state index in [1.807, 2.05) is 0 Å². The molecule has 0 aliphatic heterocycles. The smallest absolute Gasteiger partial charge is 0.338 e. The highest BCUT2D eigenvalue weighted by Gasteiger charge is 2.11. The van der Waals surface area contributed by atoms with Crippen LogP contribution in [0.2, 0.25) is 0 Å². The maximum absolute atomic E-state index is 11.8. The molecular weight excluding hydrogens is 344 g/mol. The van der Waals surface area contributed by atoms with Gasteiger partial charge in [0.05, 0.1) is 11.1 Å². The molecule has 1 aromatic carbocycles. The van der Waals surface area contributed by atoms with Crippen molar-refractivity contribution in [3.05, 3.63) is 35.4 Å². The normalized spacial score (nSPS) is 9.92. The maximum atomic E-state index is 11.8. The second kappa shape index (κ2) is 11.6. The molecule has 26 heavy (non-hydrogen) atoms. The van der Waals surface area contributed by atoms with Crippen molar-refractivity contribution in [3.8, 4) is 0 Å². The highest BCUT2D eigenvalue weighted by Crippen LogP contribution is 2.07. The average Bonchev–Trinajstić information content (AvgIpc) is 2.67. The molecule has 0 unspecified atom stereocenters. The van der Waals surface area contributed by atoms with Crippen LogP contribution < -0.4 is 0 Å². The molecule has 0 aliphatic rings. The van der Waals surface area contributed by atoms with Crippen LogP contribution >= 0.6 is 0 Å². The fourth-order valence-electron chi connectivity index (χ4n) is 1.69. The lowest BCUT2D eigenvalue weighted by Gasteiger charge is -2.07. The van der Waals surface area contributed by atoms with Crippen molar-refractivity contribution in [1.82, 2.24) is 0 Å². The Morgan fingerprint density at radius 1 is 0.615 bits per heavy atom. The molecule has 0 N–H and O–H groups in total. The van der Waals surface area contributed by atoms with Crippen molar-refractivity contribution in [3.63, 3.8) is 0 Å². The van der Waals surface area contributed by atoms with Crippen molar-refractivity contribution >= 4 is 23.9 Å². The second-order valence-corrected chi connectivity index (χ2v) is 5.00. The quantitative estimate of drug-likeness (QED) is 0.351. The van der Waals surface area contributed by atoms with Gasteiger partial charge in [-0.05, 0) is 24.3 Å². The summed E-state index contributed by atoms with van der Waals surface area (Å²) in [5, 5.41) is 0. The molecule has 0 amide bonds. The van der Waals surface area contributed by atoms with E-state index in [-0.39, 0.29) is 62.3 Å². The molecule has 1 rings (SSSR count). The molecule has 0 heterocycles. The van der Waals surface area contributed by atoms with E-state index in [1.54, 1.807) is 13.8 Å². The molecule has 1 aromatic rings. The van der Waals surface area contributed by atoms with Crippen molar-refractivity contribution < 1.29 is 38.1 Å². The number of carbonyl (C=O) groups excluding carboxylic acids is 4. The van der Waals surface area contributed by atoms with E-state index < -0.39 is 11.9 Å². The molecule has 0 aliphatic carbocycles. The third kappa shape index (κ3) is 7.78. The Balaban J connectivity index is 2.37. The van der Waals surface area contributed by atoms with Gasteiger partial charge in [-0.2, -0.15) is 0 Å². The summed E-state index contributed by atoms with van der Waals surface area (Å²) < 4.78 is 19.5. The lowest BCUT2D eigenvalue weighted by Crippen LogP contribution is -2.14. The Bertz CT molecular complexity index is 566. The summed E-state index contributed by atoms with van der Waals surface area (Å²) in [4.78, 5) is 45.5. The molecule has 0 fully saturated rings. The van der Waals surface area contributed by atoms with Crippen LogP contribution in [0, 0.1) is 0 Å². The van der Waals surface area contributed by atoms with E-state index in [1.165, 1.54) is 24.3 Å². The van der Waals surface area contributed by atoms with Gasteiger partial charge in [-0.1, -0.05) is 13.8 Å². The summed E-state index contributed by atoms with van der Waals surface area (Å²) in [6.07, 6.45) is 0.513. The lowest BCUT2D eigenvalue weighted by molar-refractivity contribution is -0.145. The number of hydrogen-bond acceptors (Lipinski definition) is 8. The van der Waals surface area contributed by atoms with Crippen molar-refractivity contribution in [2.75, 3.05) is 26.4 Å². The Kier molecular flexibility index (Phi) is 9.45. The predicted molar refractivity (Wildman–Crippen MR) is 89.5 cm³/mol. The number of carbonyl (C=O) groups is 4. The van der Waals surface area contributed by atoms with Gasteiger partial charge in [0.1, 0.15) is 26.4 Å². The molecule has 0 spiro atoms. The Hall–Kier alpha value is -2.90. The zero-order chi connectivity index (χ0) is 19.4. The van der Waals surface area contributed by atoms with Crippen molar-refractivity contribution in [2.24, 2.45) is 0 Å².